The molecule has 1 saturated heterocycles. The molecule has 0 spiro atoms. The van der Waals surface area contributed by atoms with Crippen LogP contribution in [0.1, 0.15) is 6.42 Å². The molecule has 0 unspecified atom stereocenters. The summed E-state index contributed by atoms with van der Waals surface area (Å²) < 4.78 is 26.6. The Balaban J connectivity index is 1.46. The Bertz CT molecular complexity index is 820. The zero-order valence-electron chi connectivity index (χ0n) is 14.4. The smallest absolute Gasteiger partial charge is 0.244 e. The van der Waals surface area contributed by atoms with Crippen molar-refractivity contribution in [1.82, 2.24) is 14.2 Å². The number of carbonyl (C=O) groups is 1. The molecule has 0 aliphatic carbocycles. The summed E-state index contributed by atoms with van der Waals surface area (Å²) in [6.45, 7) is 2.66. The van der Waals surface area contributed by atoms with Gasteiger partial charge in [-0.05, 0) is 24.3 Å². The van der Waals surface area contributed by atoms with E-state index in [2.05, 4.69) is 15.2 Å². The van der Waals surface area contributed by atoms with Crippen LogP contribution in [0.5, 0.6) is 0 Å². The minimum absolute atomic E-state index is 0.0402. The maximum atomic E-state index is 12.6. The molecule has 3 rings (SSSR count). The third-order valence-electron chi connectivity index (χ3n) is 4.32. The van der Waals surface area contributed by atoms with E-state index in [9.17, 15) is 13.2 Å². The van der Waals surface area contributed by atoms with Crippen LogP contribution in [0.4, 0.5) is 5.69 Å². The van der Waals surface area contributed by atoms with Crippen molar-refractivity contribution in [2.75, 3.05) is 38.0 Å². The first-order chi connectivity index (χ1) is 12.6. The maximum Gasteiger partial charge on any atom is 0.244 e. The molecule has 0 atom stereocenters. The van der Waals surface area contributed by atoms with Crippen molar-refractivity contribution in [3.05, 3.63) is 54.9 Å². The second-order valence-corrected chi connectivity index (χ2v) is 8.04. The van der Waals surface area contributed by atoms with Gasteiger partial charge < -0.3 is 10.2 Å². The number of nitrogens with one attached hydrogen (secondary N) is 1. The molecule has 138 valence electrons. The fourth-order valence-corrected chi connectivity index (χ4v) is 4.23. The summed E-state index contributed by atoms with van der Waals surface area (Å²) in [4.78, 5) is 18.2. The Hall–Kier alpha value is -2.29. The Morgan fingerprint density at radius 1 is 1.04 bits per heavy atom. The predicted molar refractivity (Wildman–Crippen MR) is 99.1 cm³/mol. The number of rotatable bonds is 6. The fourth-order valence-electron chi connectivity index (χ4n) is 2.85. The van der Waals surface area contributed by atoms with E-state index in [1.165, 1.54) is 10.5 Å². The lowest BCUT2D eigenvalue weighted by molar-refractivity contribution is -0.116. The Morgan fingerprint density at radius 2 is 1.77 bits per heavy atom. The van der Waals surface area contributed by atoms with Gasteiger partial charge in [-0.25, -0.2) is 8.42 Å². The number of hydrogen-bond acceptors (Lipinski definition) is 5. The van der Waals surface area contributed by atoms with Gasteiger partial charge in [0.1, 0.15) is 4.90 Å². The van der Waals surface area contributed by atoms with Gasteiger partial charge in [0.2, 0.25) is 15.9 Å². The van der Waals surface area contributed by atoms with Gasteiger partial charge in [-0.15, -0.1) is 0 Å². The Labute approximate surface area is 153 Å². The zero-order valence-corrected chi connectivity index (χ0v) is 15.2. The summed E-state index contributed by atoms with van der Waals surface area (Å²) in [6.07, 6.45) is 3.30. The van der Waals surface area contributed by atoms with Crippen LogP contribution in [0, 0.1) is 0 Å². The number of sulfonamides is 1. The lowest BCUT2D eigenvalue weighted by atomic mass is 10.3. The number of amides is 1. The quantitative estimate of drug-likeness (QED) is 0.827. The number of para-hydroxylation sites is 1. The van der Waals surface area contributed by atoms with Crippen molar-refractivity contribution < 1.29 is 13.2 Å². The SMILES string of the molecule is O=C(CCN1CCN(S(=O)(=O)c2cccnc2)CC1)Nc1ccccc1. The topological polar surface area (TPSA) is 82.6 Å². The van der Waals surface area contributed by atoms with E-state index in [-0.39, 0.29) is 10.8 Å². The van der Waals surface area contributed by atoms with Crippen molar-refractivity contribution in [2.45, 2.75) is 11.3 Å². The molecule has 1 fully saturated rings. The molecule has 26 heavy (non-hydrogen) atoms. The second-order valence-electron chi connectivity index (χ2n) is 6.10. The van der Waals surface area contributed by atoms with E-state index in [0.29, 0.717) is 39.1 Å². The molecule has 0 saturated carbocycles. The summed E-state index contributed by atoms with van der Waals surface area (Å²) in [6, 6.07) is 12.5. The van der Waals surface area contributed by atoms with Gasteiger partial charge in [0.05, 0.1) is 0 Å². The van der Waals surface area contributed by atoms with Gasteiger partial charge in [0.15, 0.2) is 0 Å². The maximum absolute atomic E-state index is 12.6. The average molecular weight is 374 g/mol. The molecule has 1 N–H and O–H groups in total. The standard InChI is InChI=1S/C18H22N4O3S/c23-18(20-16-5-2-1-3-6-16)8-10-21-11-13-22(14-12-21)26(24,25)17-7-4-9-19-15-17/h1-7,9,15H,8,10-14H2,(H,20,23). The predicted octanol–water partition coefficient (Wildman–Crippen LogP) is 1.42. The number of anilines is 1. The highest BCUT2D eigenvalue weighted by Gasteiger charge is 2.28. The number of carbonyl (C=O) groups excluding carboxylic acids is 1. The van der Waals surface area contributed by atoms with Crippen LogP contribution in [0.2, 0.25) is 0 Å². The van der Waals surface area contributed by atoms with Gasteiger partial charge in [-0.1, -0.05) is 18.2 Å². The van der Waals surface area contributed by atoms with Gasteiger partial charge in [-0.3, -0.25) is 9.78 Å². The molecule has 1 aliphatic rings. The Kier molecular flexibility index (Phi) is 5.97. The first kappa shape index (κ1) is 18.5. The van der Waals surface area contributed by atoms with E-state index in [1.807, 2.05) is 30.3 Å². The number of piperazine rings is 1. The number of benzene rings is 1. The second kappa shape index (κ2) is 8.39. The highest BCUT2D eigenvalue weighted by molar-refractivity contribution is 7.89. The summed E-state index contributed by atoms with van der Waals surface area (Å²) >= 11 is 0. The van der Waals surface area contributed by atoms with Crippen LogP contribution in [0.25, 0.3) is 0 Å². The van der Waals surface area contributed by atoms with Crippen LogP contribution in [-0.4, -0.2) is 61.2 Å². The van der Waals surface area contributed by atoms with Crippen molar-refractivity contribution in [3.8, 4) is 0 Å². The van der Waals surface area contributed by atoms with E-state index in [0.717, 1.165) is 5.69 Å². The molecule has 1 aliphatic heterocycles. The number of pyridine rings is 1. The molecule has 0 radical (unpaired) electrons. The molecular weight excluding hydrogens is 352 g/mol. The van der Waals surface area contributed by atoms with Crippen LogP contribution < -0.4 is 5.32 Å². The van der Waals surface area contributed by atoms with Crippen molar-refractivity contribution in [1.29, 1.82) is 0 Å². The monoisotopic (exact) mass is 374 g/mol. The minimum atomic E-state index is -3.49. The van der Waals surface area contributed by atoms with E-state index in [1.54, 1.807) is 18.3 Å². The summed E-state index contributed by atoms with van der Waals surface area (Å²) in [7, 11) is -3.49. The highest BCUT2D eigenvalue weighted by Crippen LogP contribution is 2.16. The van der Waals surface area contributed by atoms with Crippen molar-refractivity contribution in [3.63, 3.8) is 0 Å². The molecule has 1 aromatic heterocycles. The van der Waals surface area contributed by atoms with Crippen LogP contribution in [0.3, 0.4) is 0 Å². The summed E-state index contributed by atoms with van der Waals surface area (Å²) in [5, 5.41) is 2.86. The van der Waals surface area contributed by atoms with Gasteiger partial charge in [0, 0.05) is 57.2 Å². The van der Waals surface area contributed by atoms with E-state index in [4.69, 9.17) is 0 Å². The number of nitrogens with zero attached hydrogens (tertiary/aromatic N) is 3. The normalized spacial score (nSPS) is 16.3. The summed E-state index contributed by atoms with van der Waals surface area (Å²) in [5.41, 5.74) is 0.782. The molecule has 2 heterocycles. The lowest BCUT2D eigenvalue weighted by Crippen LogP contribution is -2.49. The van der Waals surface area contributed by atoms with Gasteiger partial charge in [0.25, 0.3) is 0 Å². The van der Waals surface area contributed by atoms with Crippen LogP contribution in [0.15, 0.2) is 59.8 Å². The Morgan fingerprint density at radius 3 is 2.42 bits per heavy atom. The largest absolute Gasteiger partial charge is 0.326 e. The van der Waals surface area contributed by atoms with E-state index < -0.39 is 10.0 Å². The van der Waals surface area contributed by atoms with Crippen LogP contribution in [-0.2, 0) is 14.8 Å². The van der Waals surface area contributed by atoms with Crippen molar-refractivity contribution in [2.24, 2.45) is 0 Å². The molecule has 8 heteroatoms. The molecular formula is C18H22N4O3S. The molecule has 2 aromatic rings. The molecule has 7 nitrogen and oxygen atoms in total. The van der Waals surface area contributed by atoms with E-state index >= 15 is 0 Å². The highest BCUT2D eigenvalue weighted by atomic mass is 32.2. The summed E-state index contributed by atoms with van der Waals surface area (Å²) in [5.74, 6) is -0.0402. The first-order valence-electron chi connectivity index (χ1n) is 8.53. The third-order valence-corrected chi connectivity index (χ3v) is 6.20. The molecule has 0 bridgehead atoms. The van der Waals surface area contributed by atoms with Crippen molar-refractivity contribution >= 4 is 21.6 Å². The third kappa shape index (κ3) is 4.66. The molecule has 1 amide bonds. The van der Waals surface area contributed by atoms with Gasteiger partial charge in [-0.2, -0.15) is 4.31 Å². The number of aromatic nitrogens is 1. The lowest BCUT2D eigenvalue weighted by Gasteiger charge is -2.33. The van der Waals surface area contributed by atoms with Gasteiger partial charge >= 0.3 is 0 Å². The average Bonchev–Trinajstić information content (AvgIpc) is 2.68. The van der Waals surface area contributed by atoms with Crippen LogP contribution >= 0.6 is 0 Å². The minimum Gasteiger partial charge on any atom is -0.326 e. The first-order valence-corrected chi connectivity index (χ1v) is 9.97. The molecule has 1 aromatic carbocycles. The fraction of sp³-hybridized carbons (Fsp3) is 0.333. The zero-order chi connectivity index (χ0) is 18.4. The number of hydrogen-bond donors (Lipinski definition) is 1.